The standard InChI is InChI=1S/C25H24BrN3OS2/c1-25(2,3)14-10-11-17-19(13-27)23(32-21(17)12-14)29-24(31)28-22(30)18-8-4-7-16-15(18)6-5-9-20(16)26/h4-9,14H,10-12H2,1-3H3,(H2,28,29,30,31)/t14-/m1/s1. The topological polar surface area (TPSA) is 64.9 Å². The summed E-state index contributed by atoms with van der Waals surface area (Å²) >= 11 is 10.6. The molecule has 7 heteroatoms. The van der Waals surface area contributed by atoms with Crippen molar-refractivity contribution in [3.05, 3.63) is 62.4 Å². The minimum atomic E-state index is -0.279. The van der Waals surface area contributed by atoms with Crippen molar-refractivity contribution < 1.29 is 4.79 Å². The van der Waals surface area contributed by atoms with Gasteiger partial charge in [-0.15, -0.1) is 11.3 Å². The minimum Gasteiger partial charge on any atom is -0.323 e. The molecular weight excluding hydrogens is 502 g/mol. The first-order valence-corrected chi connectivity index (χ1v) is 12.5. The van der Waals surface area contributed by atoms with E-state index in [0.717, 1.165) is 45.1 Å². The molecule has 0 radical (unpaired) electrons. The quantitative estimate of drug-likeness (QED) is 0.360. The molecule has 1 aliphatic rings. The highest BCUT2D eigenvalue weighted by atomic mass is 79.9. The van der Waals surface area contributed by atoms with E-state index in [1.54, 1.807) is 17.4 Å². The van der Waals surface area contributed by atoms with E-state index < -0.39 is 0 Å². The van der Waals surface area contributed by atoms with Gasteiger partial charge in [0.1, 0.15) is 11.1 Å². The lowest BCUT2D eigenvalue weighted by Crippen LogP contribution is -2.34. The number of fused-ring (bicyclic) bond motifs is 2. The average Bonchev–Trinajstić information content (AvgIpc) is 3.08. The van der Waals surface area contributed by atoms with Crippen molar-refractivity contribution in [1.82, 2.24) is 5.32 Å². The molecule has 0 saturated heterocycles. The number of amides is 1. The Hall–Kier alpha value is -2.27. The third-order valence-corrected chi connectivity index (χ3v) is 8.23. The van der Waals surface area contributed by atoms with Crippen molar-refractivity contribution in [2.75, 3.05) is 5.32 Å². The number of halogens is 1. The molecule has 32 heavy (non-hydrogen) atoms. The Balaban J connectivity index is 1.53. The molecule has 1 aromatic heterocycles. The fraction of sp³-hybridized carbons (Fsp3) is 0.320. The van der Waals surface area contributed by atoms with Gasteiger partial charge in [0.25, 0.3) is 5.91 Å². The van der Waals surface area contributed by atoms with Gasteiger partial charge in [-0.2, -0.15) is 5.26 Å². The number of thiophene rings is 1. The van der Waals surface area contributed by atoms with Crippen LogP contribution in [0.1, 0.15) is 53.6 Å². The molecule has 1 aliphatic carbocycles. The second kappa shape index (κ2) is 8.93. The summed E-state index contributed by atoms with van der Waals surface area (Å²) in [4.78, 5) is 14.2. The second-order valence-electron chi connectivity index (χ2n) is 9.17. The van der Waals surface area contributed by atoms with E-state index >= 15 is 0 Å². The van der Waals surface area contributed by atoms with Crippen LogP contribution in [0.3, 0.4) is 0 Å². The van der Waals surface area contributed by atoms with Gasteiger partial charge in [-0.25, -0.2) is 0 Å². The van der Waals surface area contributed by atoms with Gasteiger partial charge in [-0.1, -0.05) is 61.0 Å². The molecule has 1 heterocycles. The third kappa shape index (κ3) is 4.45. The van der Waals surface area contributed by atoms with E-state index in [1.165, 1.54) is 4.88 Å². The Morgan fingerprint density at radius 3 is 2.66 bits per heavy atom. The number of carbonyl (C=O) groups is 1. The first-order chi connectivity index (χ1) is 15.2. The minimum absolute atomic E-state index is 0.199. The van der Waals surface area contributed by atoms with Crippen LogP contribution >= 0.6 is 39.5 Å². The van der Waals surface area contributed by atoms with Gasteiger partial charge in [0.05, 0.1) is 5.56 Å². The maximum absolute atomic E-state index is 13.0. The number of hydrogen-bond donors (Lipinski definition) is 2. The van der Waals surface area contributed by atoms with E-state index in [-0.39, 0.29) is 16.4 Å². The highest BCUT2D eigenvalue weighted by Gasteiger charge is 2.32. The normalized spacial score (nSPS) is 15.7. The van der Waals surface area contributed by atoms with Crippen LogP contribution in [0.2, 0.25) is 0 Å². The fourth-order valence-corrected chi connectivity index (χ4v) is 6.35. The lowest BCUT2D eigenvalue weighted by Gasteiger charge is -2.33. The molecule has 0 saturated carbocycles. The molecule has 0 unspecified atom stereocenters. The molecular formula is C25H24BrN3OS2. The number of nitrogens with zero attached hydrogens (tertiary/aromatic N) is 1. The highest BCUT2D eigenvalue weighted by molar-refractivity contribution is 9.10. The monoisotopic (exact) mass is 525 g/mol. The molecule has 0 spiro atoms. The first-order valence-electron chi connectivity index (χ1n) is 10.5. The predicted octanol–water partition coefficient (Wildman–Crippen LogP) is 6.81. The number of carbonyl (C=O) groups excluding carboxylic acids is 1. The lowest BCUT2D eigenvalue weighted by atomic mass is 9.72. The summed E-state index contributed by atoms with van der Waals surface area (Å²) in [5.74, 6) is 0.309. The summed E-state index contributed by atoms with van der Waals surface area (Å²) in [6, 6.07) is 13.7. The highest BCUT2D eigenvalue weighted by Crippen LogP contribution is 2.44. The van der Waals surface area contributed by atoms with Crippen LogP contribution in [0.4, 0.5) is 5.00 Å². The summed E-state index contributed by atoms with van der Waals surface area (Å²) in [7, 11) is 0. The van der Waals surface area contributed by atoms with Gasteiger partial charge in [-0.05, 0) is 71.3 Å². The fourth-order valence-electron chi connectivity index (χ4n) is 4.31. The largest absolute Gasteiger partial charge is 0.323 e. The van der Waals surface area contributed by atoms with E-state index in [1.807, 2.05) is 30.3 Å². The summed E-state index contributed by atoms with van der Waals surface area (Å²) in [5, 5.41) is 18.4. The molecule has 0 fully saturated rings. The van der Waals surface area contributed by atoms with Crippen molar-refractivity contribution in [3.8, 4) is 6.07 Å². The lowest BCUT2D eigenvalue weighted by molar-refractivity contribution is 0.0979. The SMILES string of the molecule is CC(C)(C)[C@@H]1CCc2c(sc(NC(=S)NC(=O)c3cccc4c(Br)cccc34)c2C#N)C1. The van der Waals surface area contributed by atoms with Crippen LogP contribution < -0.4 is 10.6 Å². The number of nitrogens with one attached hydrogen (secondary N) is 2. The van der Waals surface area contributed by atoms with Crippen LogP contribution in [0, 0.1) is 22.7 Å². The maximum atomic E-state index is 13.0. The molecule has 0 bridgehead atoms. The molecule has 1 amide bonds. The van der Waals surface area contributed by atoms with E-state index in [4.69, 9.17) is 12.2 Å². The molecule has 164 valence electrons. The van der Waals surface area contributed by atoms with Gasteiger partial charge < -0.3 is 5.32 Å². The predicted molar refractivity (Wildman–Crippen MR) is 139 cm³/mol. The molecule has 4 rings (SSSR count). The Morgan fingerprint density at radius 1 is 1.22 bits per heavy atom. The summed E-state index contributed by atoms with van der Waals surface area (Å²) in [6.07, 6.45) is 2.96. The van der Waals surface area contributed by atoms with Gasteiger partial charge in [0.15, 0.2) is 5.11 Å². The zero-order valence-electron chi connectivity index (χ0n) is 18.2. The summed E-state index contributed by atoms with van der Waals surface area (Å²) in [6.45, 7) is 6.82. The Labute approximate surface area is 206 Å². The van der Waals surface area contributed by atoms with E-state index in [9.17, 15) is 10.1 Å². The number of hydrogen-bond acceptors (Lipinski definition) is 4. The second-order valence-corrected chi connectivity index (χ2v) is 11.5. The number of anilines is 1. The van der Waals surface area contributed by atoms with Gasteiger partial charge in [0, 0.05) is 14.9 Å². The van der Waals surface area contributed by atoms with Gasteiger partial charge in [0.2, 0.25) is 0 Å². The van der Waals surface area contributed by atoms with Crippen LogP contribution in [0.15, 0.2) is 40.9 Å². The average molecular weight is 527 g/mol. The van der Waals surface area contributed by atoms with Crippen LogP contribution in [-0.4, -0.2) is 11.0 Å². The third-order valence-electron chi connectivity index (χ3n) is 6.17. The Bertz CT molecular complexity index is 1270. The first kappa shape index (κ1) is 22.9. The smallest absolute Gasteiger partial charge is 0.258 e. The molecule has 4 nitrogen and oxygen atoms in total. The van der Waals surface area contributed by atoms with Crippen molar-refractivity contribution >= 4 is 66.3 Å². The number of rotatable bonds is 2. The molecule has 3 aromatic rings. The van der Waals surface area contributed by atoms with Crippen LogP contribution in [-0.2, 0) is 12.8 Å². The van der Waals surface area contributed by atoms with Crippen molar-refractivity contribution in [2.45, 2.75) is 40.0 Å². The van der Waals surface area contributed by atoms with Gasteiger partial charge >= 0.3 is 0 Å². The van der Waals surface area contributed by atoms with E-state index in [0.29, 0.717) is 17.0 Å². The number of thiocarbonyl (C=S) groups is 1. The molecule has 0 aliphatic heterocycles. The van der Waals surface area contributed by atoms with Crippen molar-refractivity contribution in [1.29, 1.82) is 5.26 Å². The summed E-state index contributed by atoms with van der Waals surface area (Å²) < 4.78 is 0.932. The van der Waals surface area contributed by atoms with Crippen molar-refractivity contribution in [2.24, 2.45) is 11.3 Å². The zero-order chi connectivity index (χ0) is 23.0. The summed E-state index contributed by atoms with van der Waals surface area (Å²) in [5.41, 5.74) is 2.57. The number of nitriles is 1. The zero-order valence-corrected chi connectivity index (χ0v) is 21.4. The molecule has 2 aromatic carbocycles. The van der Waals surface area contributed by atoms with Crippen molar-refractivity contribution in [3.63, 3.8) is 0 Å². The van der Waals surface area contributed by atoms with Crippen LogP contribution in [0.5, 0.6) is 0 Å². The molecule has 1 atom stereocenters. The molecule has 2 N–H and O–H groups in total. The maximum Gasteiger partial charge on any atom is 0.258 e. The van der Waals surface area contributed by atoms with E-state index in [2.05, 4.69) is 53.4 Å². The Kier molecular flexibility index (Phi) is 6.39. The van der Waals surface area contributed by atoms with Gasteiger partial charge in [-0.3, -0.25) is 10.1 Å². The number of benzene rings is 2. The Morgan fingerprint density at radius 2 is 1.94 bits per heavy atom. The van der Waals surface area contributed by atoms with Crippen LogP contribution in [0.25, 0.3) is 10.8 Å².